The van der Waals surface area contributed by atoms with Crippen molar-refractivity contribution in [2.24, 2.45) is 5.84 Å². The van der Waals surface area contributed by atoms with Gasteiger partial charge in [-0.05, 0) is 41.8 Å². The van der Waals surface area contributed by atoms with Crippen LogP contribution < -0.4 is 11.3 Å². The third-order valence-corrected chi connectivity index (χ3v) is 3.15. The second-order valence-corrected chi connectivity index (χ2v) is 4.60. The molecule has 0 radical (unpaired) electrons. The molecule has 0 bridgehead atoms. The standard InChI is InChI=1S/C14H14ClFN2/c1-9-2-3-11(8-13(9)16)14(18-17)10-4-6-12(15)7-5-10/h2-8,14,18H,17H2,1H3. The maximum atomic E-state index is 13.6. The molecule has 94 valence electrons. The Labute approximate surface area is 111 Å². The summed E-state index contributed by atoms with van der Waals surface area (Å²) in [4.78, 5) is 0. The topological polar surface area (TPSA) is 38.0 Å². The number of rotatable bonds is 3. The zero-order valence-corrected chi connectivity index (χ0v) is 10.7. The summed E-state index contributed by atoms with van der Waals surface area (Å²) in [5.41, 5.74) is 5.02. The van der Waals surface area contributed by atoms with E-state index in [1.165, 1.54) is 6.07 Å². The van der Waals surface area contributed by atoms with E-state index in [1.807, 2.05) is 18.2 Å². The van der Waals surface area contributed by atoms with Crippen LogP contribution in [0.25, 0.3) is 0 Å². The summed E-state index contributed by atoms with van der Waals surface area (Å²) >= 11 is 5.84. The molecule has 0 aliphatic heterocycles. The minimum Gasteiger partial charge on any atom is -0.271 e. The molecule has 18 heavy (non-hydrogen) atoms. The van der Waals surface area contributed by atoms with Crippen LogP contribution in [-0.4, -0.2) is 0 Å². The lowest BCUT2D eigenvalue weighted by Crippen LogP contribution is -2.28. The fourth-order valence-electron chi connectivity index (χ4n) is 1.83. The molecule has 0 heterocycles. The summed E-state index contributed by atoms with van der Waals surface area (Å²) in [6.07, 6.45) is 0. The number of hydrogen-bond acceptors (Lipinski definition) is 2. The summed E-state index contributed by atoms with van der Waals surface area (Å²) < 4.78 is 13.6. The van der Waals surface area contributed by atoms with Crippen molar-refractivity contribution in [3.63, 3.8) is 0 Å². The van der Waals surface area contributed by atoms with Crippen molar-refractivity contribution in [1.82, 2.24) is 5.43 Å². The van der Waals surface area contributed by atoms with Gasteiger partial charge < -0.3 is 0 Å². The molecule has 0 saturated carbocycles. The molecule has 2 aromatic carbocycles. The van der Waals surface area contributed by atoms with Gasteiger partial charge in [-0.3, -0.25) is 5.84 Å². The second kappa shape index (κ2) is 5.48. The van der Waals surface area contributed by atoms with Crippen molar-refractivity contribution in [2.75, 3.05) is 0 Å². The summed E-state index contributed by atoms with van der Waals surface area (Å²) in [7, 11) is 0. The first kappa shape index (κ1) is 13.0. The number of halogens is 2. The maximum Gasteiger partial charge on any atom is 0.126 e. The smallest absolute Gasteiger partial charge is 0.126 e. The highest BCUT2D eigenvalue weighted by molar-refractivity contribution is 6.30. The molecule has 0 fully saturated rings. The van der Waals surface area contributed by atoms with Gasteiger partial charge in [-0.25, -0.2) is 9.82 Å². The minimum atomic E-state index is -0.252. The molecule has 2 rings (SSSR count). The number of nitrogens with two attached hydrogens (primary N) is 1. The molecule has 3 N–H and O–H groups in total. The van der Waals surface area contributed by atoms with Crippen molar-refractivity contribution in [1.29, 1.82) is 0 Å². The Morgan fingerprint density at radius 2 is 1.72 bits per heavy atom. The van der Waals surface area contributed by atoms with Crippen LogP contribution in [0.1, 0.15) is 22.7 Å². The molecule has 0 spiro atoms. The Hall–Kier alpha value is -1.42. The van der Waals surface area contributed by atoms with Crippen LogP contribution in [0.5, 0.6) is 0 Å². The van der Waals surface area contributed by atoms with E-state index in [1.54, 1.807) is 25.1 Å². The molecular formula is C14H14ClFN2. The Bertz CT molecular complexity index is 540. The fraction of sp³-hybridized carbons (Fsp3) is 0.143. The molecule has 1 unspecified atom stereocenters. The van der Waals surface area contributed by atoms with Crippen LogP contribution in [0.15, 0.2) is 42.5 Å². The summed E-state index contributed by atoms with van der Waals surface area (Å²) in [5.74, 6) is 5.32. The van der Waals surface area contributed by atoms with Crippen molar-refractivity contribution in [3.8, 4) is 0 Å². The average Bonchev–Trinajstić information content (AvgIpc) is 2.37. The highest BCUT2D eigenvalue weighted by Gasteiger charge is 2.13. The third kappa shape index (κ3) is 2.70. The number of benzene rings is 2. The Morgan fingerprint density at radius 1 is 1.11 bits per heavy atom. The fourth-order valence-corrected chi connectivity index (χ4v) is 1.95. The predicted molar refractivity (Wildman–Crippen MR) is 71.8 cm³/mol. The monoisotopic (exact) mass is 264 g/mol. The van der Waals surface area contributed by atoms with Gasteiger partial charge in [0.25, 0.3) is 0 Å². The Balaban J connectivity index is 2.38. The van der Waals surface area contributed by atoms with Gasteiger partial charge in [-0.2, -0.15) is 0 Å². The van der Waals surface area contributed by atoms with E-state index in [4.69, 9.17) is 17.4 Å². The average molecular weight is 265 g/mol. The van der Waals surface area contributed by atoms with Gasteiger partial charge in [0.1, 0.15) is 5.82 Å². The molecular weight excluding hydrogens is 251 g/mol. The van der Waals surface area contributed by atoms with Crippen LogP contribution in [-0.2, 0) is 0 Å². The van der Waals surface area contributed by atoms with Crippen molar-refractivity contribution >= 4 is 11.6 Å². The SMILES string of the molecule is Cc1ccc(C(NN)c2ccc(Cl)cc2)cc1F. The highest BCUT2D eigenvalue weighted by Crippen LogP contribution is 2.24. The number of hydrazine groups is 1. The highest BCUT2D eigenvalue weighted by atomic mass is 35.5. The van der Waals surface area contributed by atoms with Gasteiger partial charge >= 0.3 is 0 Å². The van der Waals surface area contributed by atoms with E-state index >= 15 is 0 Å². The van der Waals surface area contributed by atoms with E-state index in [2.05, 4.69) is 5.43 Å². The third-order valence-electron chi connectivity index (χ3n) is 2.90. The van der Waals surface area contributed by atoms with Gasteiger partial charge in [0.15, 0.2) is 0 Å². The molecule has 1 atom stereocenters. The number of nitrogens with one attached hydrogen (secondary N) is 1. The van der Waals surface area contributed by atoms with E-state index in [0.717, 1.165) is 11.1 Å². The van der Waals surface area contributed by atoms with E-state index in [-0.39, 0.29) is 11.9 Å². The lowest BCUT2D eigenvalue weighted by molar-refractivity contribution is 0.599. The molecule has 0 aliphatic rings. The van der Waals surface area contributed by atoms with E-state index in [0.29, 0.717) is 10.6 Å². The van der Waals surface area contributed by atoms with Gasteiger partial charge in [0.05, 0.1) is 6.04 Å². The normalized spacial score (nSPS) is 12.4. The first-order chi connectivity index (χ1) is 8.61. The number of hydrogen-bond donors (Lipinski definition) is 2. The van der Waals surface area contributed by atoms with Crippen LogP contribution in [0.4, 0.5) is 4.39 Å². The largest absolute Gasteiger partial charge is 0.271 e. The zero-order chi connectivity index (χ0) is 13.1. The van der Waals surface area contributed by atoms with Crippen LogP contribution >= 0.6 is 11.6 Å². The summed E-state index contributed by atoms with van der Waals surface area (Å²) in [6, 6.07) is 12.1. The van der Waals surface area contributed by atoms with Crippen molar-refractivity contribution in [2.45, 2.75) is 13.0 Å². The molecule has 0 aliphatic carbocycles. The van der Waals surface area contributed by atoms with Crippen molar-refractivity contribution in [3.05, 3.63) is 70.0 Å². The molecule has 4 heteroatoms. The molecule has 2 aromatic rings. The van der Waals surface area contributed by atoms with Crippen LogP contribution in [0.3, 0.4) is 0 Å². The molecule has 0 amide bonds. The van der Waals surface area contributed by atoms with Crippen LogP contribution in [0, 0.1) is 12.7 Å². The predicted octanol–water partition coefficient (Wildman–Crippen LogP) is 3.34. The van der Waals surface area contributed by atoms with E-state index < -0.39 is 0 Å². The lowest BCUT2D eigenvalue weighted by atomic mass is 9.98. The maximum absolute atomic E-state index is 13.6. The summed E-state index contributed by atoms with van der Waals surface area (Å²) in [5, 5.41) is 0.657. The van der Waals surface area contributed by atoms with Gasteiger partial charge in [-0.1, -0.05) is 35.9 Å². The molecule has 0 saturated heterocycles. The van der Waals surface area contributed by atoms with E-state index in [9.17, 15) is 4.39 Å². The second-order valence-electron chi connectivity index (χ2n) is 4.16. The number of aryl methyl sites for hydroxylation is 1. The van der Waals surface area contributed by atoms with Gasteiger partial charge in [0, 0.05) is 5.02 Å². The molecule has 0 aromatic heterocycles. The van der Waals surface area contributed by atoms with Gasteiger partial charge in [0.2, 0.25) is 0 Å². The minimum absolute atomic E-state index is 0.235. The Morgan fingerprint density at radius 3 is 2.28 bits per heavy atom. The first-order valence-corrected chi connectivity index (χ1v) is 5.97. The molecule has 2 nitrogen and oxygen atoms in total. The zero-order valence-electron chi connectivity index (χ0n) is 9.95. The summed E-state index contributed by atoms with van der Waals surface area (Å²) in [6.45, 7) is 1.73. The quantitative estimate of drug-likeness (QED) is 0.659. The van der Waals surface area contributed by atoms with Gasteiger partial charge in [-0.15, -0.1) is 0 Å². The van der Waals surface area contributed by atoms with Crippen LogP contribution in [0.2, 0.25) is 5.02 Å². The lowest BCUT2D eigenvalue weighted by Gasteiger charge is -2.17. The Kier molecular flexibility index (Phi) is 3.97. The van der Waals surface area contributed by atoms with Crippen molar-refractivity contribution < 1.29 is 4.39 Å². The first-order valence-electron chi connectivity index (χ1n) is 5.59.